The summed E-state index contributed by atoms with van der Waals surface area (Å²) in [5.74, 6) is 0.665. The van der Waals surface area contributed by atoms with E-state index >= 15 is 0 Å². The van der Waals surface area contributed by atoms with Crippen molar-refractivity contribution in [3.63, 3.8) is 0 Å². The zero-order valence-electron chi connectivity index (χ0n) is 15.0. The molecule has 1 saturated heterocycles. The molecule has 154 valence electrons. The number of rotatable bonds is 4. The molecule has 0 aliphatic carbocycles. The van der Waals surface area contributed by atoms with E-state index in [1.165, 1.54) is 35.8 Å². The number of fused-ring (bicyclic) bond motifs is 1. The minimum Gasteiger partial charge on any atom is -0.376 e. The Labute approximate surface area is 164 Å². The average Bonchev–Trinajstić information content (AvgIpc) is 3.11. The molecular formula is C17H16F3N5O3S. The lowest BCUT2D eigenvalue weighted by Gasteiger charge is -2.27. The molecular weight excluding hydrogens is 411 g/mol. The summed E-state index contributed by atoms with van der Waals surface area (Å²) in [5.41, 5.74) is -5.17. The molecule has 0 spiro atoms. The Kier molecular flexibility index (Phi) is 4.81. The Morgan fingerprint density at radius 2 is 1.72 bits per heavy atom. The van der Waals surface area contributed by atoms with Crippen LogP contribution >= 0.6 is 0 Å². The highest BCUT2D eigenvalue weighted by atomic mass is 32.2. The van der Waals surface area contributed by atoms with Crippen LogP contribution in [0.2, 0.25) is 0 Å². The number of nitrogens with zero attached hydrogens (tertiary/aromatic N) is 5. The Morgan fingerprint density at radius 3 is 2.45 bits per heavy atom. The summed E-state index contributed by atoms with van der Waals surface area (Å²) in [6, 6.07) is 5.47. The van der Waals surface area contributed by atoms with Crippen LogP contribution in [-0.4, -0.2) is 46.8 Å². The number of piperidine rings is 1. The molecule has 29 heavy (non-hydrogen) atoms. The molecule has 4 rings (SSSR count). The van der Waals surface area contributed by atoms with E-state index in [0.717, 1.165) is 37.8 Å². The van der Waals surface area contributed by atoms with Crippen molar-refractivity contribution in [1.29, 1.82) is 0 Å². The van der Waals surface area contributed by atoms with Crippen LogP contribution < -0.4 is 9.08 Å². The van der Waals surface area contributed by atoms with Gasteiger partial charge in [0.2, 0.25) is 0 Å². The lowest BCUT2D eigenvalue weighted by molar-refractivity contribution is -0.0500. The molecule has 2 aromatic heterocycles. The zero-order chi connectivity index (χ0) is 20.6. The van der Waals surface area contributed by atoms with E-state index in [9.17, 15) is 21.6 Å². The van der Waals surface area contributed by atoms with Crippen LogP contribution in [-0.2, 0) is 10.1 Å². The quantitative estimate of drug-likeness (QED) is 0.467. The fourth-order valence-corrected chi connectivity index (χ4v) is 3.61. The molecule has 0 amide bonds. The monoisotopic (exact) mass is 427 g/mol. The number of aromatic nitrogens is 4. The molecule has 0 saturated carbocycles. The first-order valence-corrected chi connectivity index (χ1v) is 10.2. The number of halogens is 3. The highest BCUT2D eigenvalue weighted by Gasteiger charge is 2.48. The molecule has 8 nitrogen and oxygen atoms in total. The minimum atomic E-state index is -5.76. The van der Waals surface area contributed by atoms with Crippen LogP contribution in [0, 0.1) is 0 Å². The Bertz CT molecular complexity index is 1140. The zero-order valence-corrected chi connectivity index (χ0v) is 15.8. The summed E-state index contributed by atoms with van der Waals surface area (Å²) in [7, 11) is -5.76. The molecule has 1 aliphatic heterocycles. The first-order valence-electron chi connectivity index (χ1n) is 8.80. The molecule has 1 aliphatic rings. The fraction of sp³-hybridized carbons (Fsp3) is 0.353. The standard InChI is InChI=1S/C17H16F3N5O3S/c18-17(19,20)29(26,27)28-13-5-4-12-10-23-25(14(12)8-13)16-9-15(21-11-22-16)24-6-2-1-3-7-24/h4-5,8-11H,1-3,6-7H2. The Hall–Kier alpha value is -2.89. The van der Waals surface area contributed by atoms with Crippen molar-refractivity contribution in [3.05, 3.63) is 36.8 Å². The van der Waals surface area contributed by atoms with Gasteiger partial charge in [0.05, 0.1) is 11.7 Å². The third kappa shape index (κ3) is 3.84. The van der Waals surface area contributed by atoms with Crippen LogP contribution in [0.1, 0.15) is 19.3 Å². The van der Waals surface area contributed by atoms with Gasteiger partial charge in [0, 0.05) is 30.6 Å². The maximum absolute atomic E-state index is 12.6. The van der Waals surface area contributed by atoms with Crippen molar-refractivity contribution in [2.75, 3.05) is 18.0 Å². The van der Waals surface area contributed by atoms with Crippen molar-refractivity contribution in [2.45, 2.75) is 24.8 Å². The van der Waals surface area contributed by atoms with E-state index in [2.05, 4.69) is 24.1 Å². The summed E-state index contributed by atoms with van der Waals surface area (Å²) >= 11 is 0. The van der Waals surface area contributed by atoms with Gasteiger partial charge in [0.25, 0.3) is 0 Å². The van der Waals surface area contributed by atoms with Gasteiger partial charge in [0.1, 0.15) is 17.9 Å². The predicted molar refractivity (Wildman–Crippen MR) is 98.3 cm³/mol. The number of alkyl halides is 3. The summed E-state index contributed by atoms with van der Waals surface area (Å²) in [5, 5.41) is 4.80. The molecule has 0 radical (unpaired) electrons. The van der Waals surface area contributed by atoms with Crippen LogP contribution in [0.3, 0.4) is 0 Å². The van der Waals surface area contributed by atoms with E-state index < -0.39 is 21.4 Å². The lowest BCUT2D eigenvalue weighted by Crippen LogP contribution is -2.30. The van der Waals surface area contributed by atoms with Crippen molar-refractivity contribution in [2.24, 2.45) is 0 Å². The van der Waals surface area contributed by atoms with Gasteiger partial charge in [-0.15, -0.1) is 0 Å². The van der Waals surface area contributed by atoms with Crippen LogP contribution in [0.25, 0.3) is 16.7 Å². The second kappa shape index (κ2) is 7.17. The summed E-state index contributed by atoms with van der Waals surface area (Å²) in [4.78, 5) is 10.6. The van der Waals surface area contributed by atoms with Crippen LogP contribution in [0.5, 0.6) is 5.75 Å². The third-order valence-corrected chi connectivity index (χ3v) is 5.55. The Balaban J connectivity index is 1.70. The minimum absolute atomic E-state index is 0.350. The van der Waals surface area contributed by atoms with Gasteiger partial charge >= 0.3 is 15.6 Å². The van der Waals surface area contributed by atoms with Gasteiger partial charge in [-0.05, 0) is 31.4 Å². The smallest absolute Gasteiger partial charge is 0.376 e. The average molecular weight is 427 g/mol. The second-order valence-electron chi connectivity index (χ2n) is 6.54. The van der Waals surface area contributed by atoms with Gasteiger partial charge in [-0.1, -0.05) is 0 Å². The molecule has 12 heteroatoms. The first-order chi connectivity index (χ1) is 13.7. The third-order valence-electron chi connectivity index (χ3n) is 4.57. The molecule has 1 aromatic carbocycles. The Morgan fingerprint density at radius 1 is 1.00 bits per heavy atom. The topological polar surface area (TPSA) is 90.2 Å². The molecule has 0 bridgehead atoms. The maximum atomic E-state index is 12.6. The van der Waals surface area contributed by atoms with E-state index in [4.69, 9.17) is 0 Å². The number of benzene rings is 1. The molecule has 0 atom stereocenters. The van der Waals surface area contributed by atoms with Gasteiger partial charge in [-0.3, -0.25) is 0 Å². The van der Waals surface area contributed by atoms with E-state index in [0.29, 0.717) is 16.7 Å². The van der Waals surface area contributed by atoms with Crippen LogP contribution in [0.15, 0.2) is 36.8 Å². The number of hydrogen-bond donors (Lipinski definition) is 0. The largest absolute Gasteiger partial charge is 0.534 e. The van der Waals surface area contributed by atoms with Crippen molar-refractivity contribution < 1.29 is 25.8 Å². The highest BCUT2D eigenvalue weighted by Crippen LogP contribution is 2.29. The van der Waals surface area contributed by atoms with Gasteiger partial charge in [-0.2, -0.15) is 26.7 Å². The summed E-state index contributed by atoms with van der Waals surface area (Å²) in [6.07, 6.45) is 6.19. The molecule has 3 aromatic rings. The summed E-state index contributed by atoms with van der Waals surface area (Å²) in [6.45, 7) is 1.76. The second-order valence-corrected chi connectivity index (χ2v) is 8.08. The maximum Gasteiger partial charge on any atom is 0.534 e. The summed E-state index contributed by atoms with van der Waals surface area (Å²) < 4.78 is 65.9. The molecule has 0 N–H and O–H groups in total. The number of anilines is 1. The first kappa shape index (κ1) is 19.4. The van der Waals surface area contributed by atoms with Crippen LogP contribution in [0.4, 0.5) is 19.0 Å². The van der Waals surface area contributed by atoms with Crippen molar-refractivity contribution in [1.82, 2.24) is 19.7 Å². The van der Waals surface area contributed by atoms with Gasteiger partial charge in [-0.25, -0.2) is 14.6 Å². The van der Waals surface area contributed by atoms with Crippen molar-refractivity contribution >= 4 is 26.8 Å². The van der Waals surface area contributed by atoms with Gasteiger partial charge in [0.15, 0.2) is 5.82 Å². The SMILES string of the molecule is O=S(=O)(Oc1ccc2cnn(-c3cc(N4CCCCC4)ncn3)c2c1)C(F)(F)F. The van der Waals surface area contributed by atoms with E-state index in [1.807, 2.05) is 0 Å². The fourth-order valence-electron chi connectivity index (χ4n) is 3.16. The highest BCUT2D eigenvalue weighted by molar-refractivity contribution is 7.88. The number of hydrogen-bond acceptors (Lipinski definition) is 7. The molecule has 1 fully saturated rings. The lowest BCUT2D eigenvalue weighted by atomic mass is 10.1. The predicted octanol–water partition coefficient (Wildman–Crippen LogP) is 3.03. The van der Waals surface area contributed by atoms with Gasteiger partial charge < -0.3 is 9.08 Å². The van der Waals surface area contributed by atoms with E-state index in [-0.39, 0.29) is 0 Å². The van der Waals surface area contributed by atoms with Crippen molar-refractivity contribution in [3.8, 4) is 11.6 Å². The molecule has 0 unspecified atom stereocenters. The molecule has 3 heterocycles. The normalized spacial score (nSPS) is 15.6. The van der Waals surface area contributed by atoms with E-state index in [1.54, 1.807) is 6.07 Å².